The number of fused-ring (bicyclic) bond motifs is 2. The van der Waals surface area contributed by atoms with Gasteiger partial charge in [0.15, 0.2) is 0 Å². The quantitative estimate of drug-likeness (QED) is 0.404. The van der Waals surface area contributed by atoms with E-state index in [0.717, 1.165) is 11.3 Å². The monoisotopic (exact) mass is 621 g/mol. The molecule has 9 heteroatoms. The molecule has 2 fully saturated rings. The van der Waals surface area contributed by atoms with Gasteiger partial charge in [0.1, 0.15) is 11.8 Å². The van der Waals surface area contributed by atoms with Crippen LogP contribution in [0.15, 0.2) is 109 Å². The number of likely N-dealkylation sites (tertiary alicyclic amines) is 1. The van der Waals surface area contributed by atoms with Crippen molar-refractivity contribution in [2.24, 2.45) is 11.8 Å². The number of thioether (sulfide) groups is 1. The molecule has 4 aliphatic rings. The zero-order valence-corrected chi connectivity index (χ0v) is 26.0. The van der Waals surface area contributed by atoms with Crippen molar-refractivity contribution in [1.29, 1.82) is 0 Å². The second kappa shape index (κ2) is 11.2. The number of ether oxygens (including phenoxy) is 1. The van der Waals surface area contributed by atoms with Gasteiger partial charge in [0.05, 0.1) is 36.3 Å². The molecule has 0 aromatic heterocycles. The van der Waals surface area contributed by atoms with Crippen molar-refractivity contribution in [2.45, 2.75) is 28.5 Å². The summed E-state index contributed by atoms with van der Waals surface area (Å²) in [5.74, 6) is -1.58. The van der Waals surface area contributed by atoms with Crippen LogP contribution in [-0.2, 0) is 14.4 Å². The lowest BCUT2D eigenvalue weighted by atomic mass is 9.74. The number of rotatable bonds is 6. The molecule has 8 nitrogen and oxygen atoms in total. The Morgan fingerprint density at radius 3 is 2.04 bits per heavy atom. The lowest BCUT2D eigenvalue weighted by Crippen LogP contribution is -2.54. The average Bonchev–Trinajstić information content (AvgIpc) is 3.33. The lowest BCUT2D eigenvalue weighted by Gasteiger charge is -2.40. The number of anilines is 2. The highest BCUT2D eigenvalue weighted by Gasteiger charge is 2.74. The van der Waals surface area contributed by atoms with E-state index in [4.69, 9.17) is 4.74 Å². The Hall–Kier alpha value is -4.34. The molecule has 3 aromatic carbocycles. The number of carbonyl (C=O) groups is 3. The van der Waals surface area contributed by atoms with Gasteiger partial charge in [-0.2, -0.15) is 0 Å². The molecule has 6 atom stereocenters. The molecule has 4 heterocycles. The van der Waals surface area contributed by atoms with Gasteiger partial charge in [0.25, 0.3) is 5.91 Å². The third kappa shape index (κ3) is 4.51. The minimum Gasteiger partial charge on any atom is -0.497 e. The van der Waals surface area contributed by atoms with Gasteiger partial charge < -0.3 is 24.5 Å². The molecule has 3 aromatic rings. The second-order valence-corrected chi connectivity index (χ2v) is 13.9. The van der Waals surface area contributed by atoms with E-state index in [9.17, 15) is 19.5 Å². The number of aliphatic hydroxyl groups excluding tert-OH is 1. The van der Waals surface area contributed by atoms with Crippen LogP contribution in [0.25, 0.3) is 0 Å². The maximum atomic E-state index is 15.0. The number of hydrogen-bond donors (Lipinski definition) is 1. The molecular formula is C36H35N3O5S. The highest BCUT2D eigenvalue weighted by molar-refractivity contribution is 8.02. The van der Waals surface area contributed by atoms with E-state index < -0.39 is 33.4 Å². The Labute approximate surface area is 267 Å². The Morgan fingerprint density at radius 2 is 1.40 bits per heavy atom. The highest BCUT2D eigenvalue weighted by atomic mass is 32.2. The van der Waals surface area contributed by atoms with Crippen molar-refractivity contribution in [3.8, 4) is 5.75 Å². The van der Waals surface area contributed by atoms with E-state index in [1.807, 2.05) is 97.9 Å². The van der Waals surface area contributed by atoms with Crippen LogP contribution in [-0.4, -0.2) is 70.1 Å². The zero-order chi connectivity index (χ0) is 31.3. The summed E-state index contributed by atoms with van der Waals surface area (Å²) >= 11 is 1.53. The number of benzene rings is 3. The Morgan fingerprint density at radius 1 is 0.800 bits per heavy atom. The SMILES string of the molecule is COc1ccc(N2CC=C[C@]34S[C@]5(C)C=CCN(c6ccccc6)C(=O)[C@@H]5[C@H]3C(=O)N([C@H](CO)c3ccccc3)C4C2=O)cc1. The first-order chi connectivity index (χ1) is 21.8. The van der Waals surface area contributed by atoms with Gasteiger partial charge in [0, 0.05) is 29.2 Å². The molecule has 1 N–H and O–H groups in total. The summed E-state index contributed by atoms with van der Waals surface area (Å²) in [5.41, 5.74) is 2.16. The fraction of sp³-hybridized carbons (Fsp3) is 0.306. The predicted octanol–water partition coefficient (Wildman–Crippen LogP) is 4.62. The standard InChI is InChI=1S/C36H35N3O5S/c1-35-19-9-21-37(25-13-7-4-8-14-25)32(41)29(35)30-33(42)39(28(23-40)24-11-5-3-6-12-24)31-34(43)38(22-10-20-36(30,31)45-35)26-15-17-27(44-2)18-16-26/h3-20,28-31,40H,21-23H2,1-2H3/t28-,29+,30+,31?,35-,36+/m1/s1. The summed E-state index contributed by atoms with van der Waals surface area (Å²) in [5, 5.41) is 10.8. The first-order valence-corrected chi connectivity index (χ1v) is 16.0. The molecule has 0 bridgehead atoms. The maximum absolute atomic E-state index is 15.0. The summed E-state index contributed by atoms with van der Waals surface area (Å²) in [6.45, 7) is 2.33. The average molecular weight is 622 g/mol. The molecule has 45 heavy (non-hydrogen) atoms. The van der Waals surface area contributed by atoms with Crippen LogP contribution < -0.4 is 14.5 Å². The van der Waals surface area contributed by atoms with Gasteiger partial charge in [-0.05, 0) is 48.9 Å². The molecule has 1 spiro atoms. The molecule has 3 amide bonds. The predicted molar refractivity (Wildman–Crippen MR) is 175 cm³/mol. The van der Waals surface area contributed by atoms with Gasteiger partial charge in [-0.15, -0.1) is 11.8 Å². The van der Waals surface area contributed by atoms with Crippen molar-refractivity contribution in [3.63, 3.8) is 0 Å². The number of carbonyl (C=O) groups excluding carboxylic acids is 3. The minimum atomic E-state index is -1.04. The van der Waals surface area contributed by atoms with Crippen molar-refractivity contribution in [2.75, 3.05) is 36.6 Å². The number of amides is 3. The number of para-hydroxylation sites is 1. The number of hydrogen-bond acceptors (Lipinski definition) is 6. The van der Waals surface area contributed by atoms with Crippen LogP contribution in [0, 0.1) is 11.8 Å². The molecule has 0 saturated carbocycles. The first kappa shape index (κ1) is 29.4. The van der Waals surface area contributed by atoms with Crippen molar-refractivity contribution >= 4 is 40.9 Å². The summed E-state index contributed by atoms with van der Waals surface area (Å²) in [6.07, 6.45) is 8.00. The van der Waals surface area contributed by atoms with E-state index in [0.29, 0.717) is 24.5 Å². The third-order valence-corrected chi connectivity index (χ3v) is 11.4. The van der Waals surface area contributed by atoms with Crippen LogP contribution in [0.5, 0.6) is 5.75 Å². The van der Waals surface area contributed by atoms with Gasteiger partial charge >= 0.3 is 0 Å². The van der Waals surface area contributed by atoms with E-state index >= 15 is 0 Å². The van der Waals surface area contributed by atoms with E-state index in [1.165, 1.54) is 11.8 Å². The van der Waals surface area contributed by atoms with Gasteiger partial charge in [-0.3, -0.25) is 14.4 Å². The molecule has 0 radical (unpaired) electrons. The lowest BCUT2D eigenvalue weighted by molar-refractivity contribution is -0.142. The van der Waals surface area contributed by atoms with E-state index in [-0.39, 0.29) is 24.3 Å². The van der Waals surface area contributed by atoms with E-state index in [1.54, 1.807) is 33.9 Å². The van der Waals surface area contributed by atoms with Crippen molar-refractivity contribution in [3.05, 3.63) is 115 Å². The molecule has 2 saturated heterocycles. The topological polar surface area (TPSA) is 90.4 Å². The number of nitrogens with zero attached hydrogens (tertiary/aromatic N) is 3. The molecular weight excluding hydrogens is 586 g/mol. The Balaban J connectivity index is 1.39. The van der Waals surface area contributed by atoms with Gasteiger partial charge in [-0.1, -0.05) is 72.8 Å². The van der Waals surface area contributed by atoms with Crippen LogP contribution in [0.3, 0.4) is 0 Å². The van der Waals surface area contributed by atoms with Gasteiger partial charge in [0.2, 0.25) is 11.8 Å². The van der Waals surface area contributed by atoms with Crippen molar-refractivity contribution < 1.29 is 24.2 Å². The van der Waals surface area contributed by atoms with Crippen LogP contribution in [0.2, 0.25) is 0 Å². The van der Waals surface area contributed by atoms with Crippen LogP contribution >= 0.6 is 11.8 Å². The van der Waals surface area contributed by atoms with Crippen LogP contribution in [0.1, 0.15) is 18.5 Å². The fourth-order valence-corrected chi connectivity index (χ4v) is 9.80. The Kier molecular flexibility index (Phi) is 7.33. The smallest absolute Gasteiger partial charge is 0.251 e. The summed E-state index contributed by atoms with van der Waals surface area (Å²) in [7, 11) is 1.59. The third-order valence-electron chi connectivity index (χ3n) is 9.64. The first-order valence-electron chi connectivity index (χ1n) is 15.2. The summed E-state index contributed by atoms with van der Waals surface area (Å²) < 4.78 is 3.55. The van der Waals surface area contributed by atoms with Gasteiger partial charge in [-0.25, -0.2) is 0 Å². The molecule has 7 rings (SSSR count). The zero-order valence-electron chi connectivity index (χ0n) is 25.2. The molecule has 230 valence electrons. The minimum absolute atomic E-state index is 0.144. The van der Waals surface area contributed by atoms with E-state index in [2.05, 4.69) is 6.08 Å². The number of aliphatic hydroxyl groups is 1. The summed E-state index contributed by atoms with van der Waals surface area (Å²) in [4.78, 5) is 49.6. The van der Waals surface area contributed by atoms with Crippen LogP contribution in [0.4, 0.5) is 11.4 Å². The Bertz CT molecular complexity index is 1680. The second-order valence-electron chi connectivity index (χ2n) is 12.1. The molecule has 0 aliphatic carbocycles. The largest absolute Gasteiger partial charge is 0.497 e. The fourth-order valence-electron chi connectivity index (χ4n) is 7.66. The highest BCUT2D eigenvalue weighted by Crippen LogP contribution is 2.66. The number of methoxy groups -OCH3 is 1. The summed E-state index contributed by atoms with van der Waals surface area (Å²) in [6, 6.07) is 24.4. The normalized spacial score (nSPS) is 29.6. The molecule has 4 aliphatic heterocycles. The molecule has 1 unspecified atom stereocenters. The van der Waals surface area contributed by atoms with Crippen molar-refractivity contribution in [1.82, 2.24) is 4.90 Å². The maximum Gasteiger partial charge on any atom is 0.251 e.